The molecule has 0 unspecified atom stereocenters. The molecular weight excluding hydrogens is 336 g/mol. The molecule has 1 heterocycles. The van der Waals surface area contributed by atoms with E-state index in [0.717, 1.165) is 0 Å². The summed E-state index contributed by atoms with van der Waals surface area (Å²) in [6.07, 6.45) is 0. The first kappa shape index (κ1) is 14.4. The van der Waals surface area contributed by atoms with Crippen molar-refractivity contribution < 1.29 is 18.9 Å². The number of hydrogen-bond donors (Lipinski definition) is 0. The Hall–Kier alpha value is -1.05. The summed E-state index contributed by atoms with van der Waals surface area (Å²) >= 11 is 9.20. The van der Waals surface area contributed by atoms with E-state index in [0.29, 0.717) is 15.0 Å². The molecular formula is C11H10BBrClNO4. The summed E-state index contributed by atoms with van der Waals surface area (Å²) in [5.41, 5.74) is 0.505. The molecule has 0 atom stereocenters. The van der Waals surface area contributed by atoms with E-state index in [1.807, 2.05) is 0 Å². The van der Waals surface area contributed by atoms with E-state index < -0.39 is 19.1 Å². The summed E-state index contributed by atoms with van der Waals surface area (Å²) in [5, 5.41) is 0.454. The Kier molecular flexibility index (Phi) is 4.49. The van der Waals surface area contributed by atoms with Gasteiger partial charge in [0.2, 0.25) is 0 Å². The summed E-state index contributed by atoms with van der Waals surface area (Å²) in [6.45, 7) is 0.0701. The van der Waals surface area contributed by atoms with Gasteiger partial charge in [0.25, 0.3) is 0 Å². The van der Waals surface area contributed by atoms with Crippen molar-refractivity contribution in [1.82, 2.24) is 4.90 Å². The second kappa shape index (κ2) is 5.94. The van der Waals surface area contributed by atoms with Crippen LogP contribution in [-0.2, 0) is 18.9 Å². The first-order valence-electron chi connectivity index (χ1n) is 5.47. The highest BCUT2D eigenvalue weighted by Crippen LogP contribution is 2.15. The third-order valence-corrected chi connectivity index (χ3v) is 3.11. The van der Waals surface area contributed by atoms with E-state index in [2.05, 4.69) is 15.9 Å². The molecule has 1 aliphatic rings. The number of halogens is 2. The van der Waals surface area contributed by atoms with Gasteiger partial charge in [-0.3, -0.25) is 14.5 Å². The molecule has 0 spiro atoms. The monoisotopic (exact) mass is 345 g/mol. The molecule has 5 nitrogen and oxygen atoms in total. The standard InChI is InChI=1S/C11H10BBrClNO4/c1-15-5-10(16)18-12(19-11(17)6-15)7-2-8(13)4-9(14)3-7/h2-4H,5-6H2,1H3. The van der Waals surface area contributed by atoms with E-state index in [1.54, 1.807) is 25.2 Å². The minimum atomic E-state index is -1.07. The van der Waals surface area contributed by atoms with Crippen LogP contribution in [-0.4, -0.2) is 44.1 Å². The maximum atomic E-state index is 11.6. The van der Waals surface area contributed by atoms with Gasteiger partial charge in [-0.05, 0) is 25.2 Å². The Bertz CT molecular complexity index is 487. The van der Waals surface area contributed by atoms with Crippen molar-refractivity contribution in [3.05, 3.63) is 27.7 Å². The number of nitrogens with zero attached hydrogens (tertiary/aromatic N) is 1. The molecule has 2 rings (SSSR count). The second-order valence-electron chi connectivity index (χ2n) is 4.19. The normalized spacial score (nSPS) is 17.5. The fourth-order valence-corrected chi connectivity index (χ4v) is 2.57. The van der Waals surface area contributed by atoms with Gasteiger partial charge in [-0.15, -0.1) is 0 Å². The zero-order valence-corrected chi connectivity index (χ0v) is 12.4. The summed E-state index contributed by atoms with van der Waals surface area (Å²) in [7, 11) is 0.572. The van der Waals surface area contributed by atoms with Gasteiger partial charge in [-0.25, -0.2) is 0 Å². The maximum Gasteiger partial charge on any atom is 0.636 e. The van der Waals surface area contributed by atoms with Gasteiger partial charge in [0.15, 0.2) is 0 Å². The predicted octanol–water partition coefficient (Wildman–Crippen LogP) is 0.829. The molecule has 100 valence electrons. The second-order valence-corrected chi connectivity index (χ2v) is 5.54. The smallest absolute Gasteiger partial charge is 0.494 e. The Morgan fingerprint density at radius 1 is 1.21 bits per heavy atom. The lowest BCUT2D eigenvalue weighted by atomic mass is 9.78. The topological polar surface area (TPSA) is 55.8 Å². The van der Waals surface area contributed by atoms with Crippen LogP contribution in [0.2, 0.25) is 5.02 Å². The molecule has 0 radical (unpaired) electrons. The largest absolute Gasteiger partial charge is 0.636 e. The molecule has 0 saturated carbocycles. The molecule has 19 heavy (non-hydrogen) atoms. The van der Waals surface area contributed by atoms with Gasteiger partial charge in [0, 0.05) is 15.0 Å². The molecule has 0 amide bonds. The summed E-state index contributed by atoms with van der Waals surface area (Å²) in [5.74, 6) is -0.924. The van der Waals surface area contributed by atoms with Gasteiger partial charge in [0.05, 0.1) is 13.1 Å². The van der Waals surface area contributed by atoms with E-state index in [-0.39, 0.29) is 13.1 Å². The lowest BCUT2D eigenvalue weighted by Gasteiger charge is -2.22. The highest BCUT2D eigenvalue weighted by molar-refractivity contribution is 9.10. The summed E-state index contributed by atoms with van der Waals surface area (Å²) in [6, 6.07) is 4.96. The zero-order valence-electron chi connectivity index (χ0n) is 10.1. The van der Waals surface area contributed by atoms with E-state index in [1.165, 1.54) is 4.90 Å². The number of carbonyl (C=O) groups is 2. The van der Waals surface area contributed by atoms with Crippen molar-refractivity contribution in [1.29, 1.82) is 0 Å². The van der Waals surface area contributed by atoms with Gasteiger partial charge < -0.3 is 9.31 Å². The van der Waals surface area contributed by atoms with Crippen molar-refractivity contribution >= 4 is 52.1 Å². The van der Waals surface area contributed by atoms with Crippen LogP contribution in [0, 0.1) is 0 Å². The highest BCUT2D eigenvalue weighted by Gasteiger charge is 2.34. The molecule has 0 bridgehead atoms. The SMILES string of the molecule is CN1CC(=O)OB(c2cc(Cl)cc(Br)c2)OC(=O)C1. The van der Waals surface area contributed by atoms with Crippen LogP contribution in [0.4, 0.5) is 0 Å². The molecule has 1 saturated heterocycles. The quantitative estimate of drug-likeness (QED) is 0.705. The average molecular weight is 346 g/mol. The first-order chi connectivity index (χ1) is 8.94. The third-order valence-electron chi connectivity index (χ3n) is 2.43. The molecule has 1 fully saturated rings. The van der Waals surface area contributed by atoms with Crippen LogP contribution >= 0.6 is 27.5 Å². The number of carbonyl (C=O) groups excluding carboxylic acids is 2. The van der Waals surface area contributed by atoms with Gasteiger partial charge in [0.1, 0.15) is 0 Å². The van der Waals surface area contributed by atoms with Gasteiger partial charge in [-0.2, -0.15) is 0 Å². The van der Waals surface area contributed by atoms with Gasteiger partial charge in [-0.1, -0.05) is 27.5 Å². The number of hydrogen-bond acceptors (Lipinski definition) is 5. The van der Waals surface area contributed by atoms with Crippen LogP contribution in [0.15, 0.2) is 22.7 Å². The number of benzene rings is 1. The fourth-order valence-electron chi connectivity index (χ4n) is 1.68. The van der Waals surface area contributed by atoms with E-state index in [4.69, 9.17) is 20.9 Å². The van der Waals surface area contributed by atoms with Crippen LogP contribution < -0.4 is 5.46 Å². The lowest BCUT2D eigenvalue weighted by molar-refractivity contribution is -0.145. The summed E-state index contributed by atoms with van der Waals surface area (Å²) < 4.78 is 11.0. The number of rotatable bonds is 1. The molecule has 0 aromatic heterocycles. The lowest BCUT2D eigenvalue weighted by Crippen LogP contribution is -2.47. The zero-order chi connectivity index (χ0) is 14.0. The van der Waals surface area contributed by atoms with Crippen molar-refractivity contribution in [2.45, 2.75) is 0 Å². The minimum Gasteiger partial charge on any atom is -0.494 e. The van der Waals surface area contributed by atoms with Crippen molar-refractivity contribution in [2.24, 2.45) is 0 Å². The third kappa shape index (κ3) is 3.96. The van der Waals surface area contributed by atoms with E-state index in [9.17, 15) is 9.59 Å². The highest BCUT2D eigenvalue weighted by atomic mass is 79.9. The van der Waals surface area contributed by atoms with E-state index >= 15 is 0 Å². The Labute approximate surface area is 124 Å². The van der Waals surface area contributed by atoms with Crippen LogP contribution in [0.25, 0.3) is 0 Å². The molecule has 1 aliphatic heterocycles. The van der Waals surface area contributed by atoms with Crippen LogP contribution in [0.5, 0.6) is 0 Å². The van der Waals surface area contributed by atoms with Crippen LogP contribution in [0.1, 0.15) is 0 Å². The fraction of sp³-hybridized carbons (Fsp3) is 0.273. The molecule has 0 aliphatic carbocycles. The molecule has 0 N–H and O–H groups in total. The Balaban J connectivity index is 2.26. The molecule has 1 aromatic carbocycles. The molecule has 1 aromatic rings. The number of likely N-dealkylation sites (N-methyl/N-ethyl adjacent to an activating group) is 1. The first-order valence-corrected chi connectivity index (χ1v) is 6.64. The van der Waals surface area contributed by atoms with Crippen molar-refractivity contribution in [3.63, 3.8) is 0 Å². The van der Waals surface area contributed by atoms with Crippen molar-refractivity contribution in [3.8, 4) is 0 Å². The maximum absolute atomic E-state index is 11.6. The minimum absolute atomic E-state index is 0.0351. The molecule has 8 heteroatoms. The Morgan fingerprint density at radius 3 is 2.32 bits per heavy atom. The van der Waals surface area contributed by atoms with Crippen LogP contribution in [0.3, 0.4) is 0 Å². The average Bonchev–Trinajstić information content (AvgIpc) is 2.24. The van der Waals surface area contributed by atoms with Crippen molar-refractivity contribution in [2.75, 3.05) is 20.1 Å². The Morgan fingerprint density at radius 2 is 1.79 bits per heavy atom. The van der Waals surface area contributed by atoms with Gasteiger partial charge >= 0.3 is 19.1 Å². The summed E-state index contributed by atoms with van der Waals surface area (Å²) in [4.78, 5) is 24.7. The predicted molar refractivity (Wildman–Crippen MR) is 74.2 cm³/mol.